The number of allylic oxidation sites excluding steroid dienone is 10. The first kappa shape index (κ1) is 34.7. The molecule has 1 aliphatic carbocycles. The Balaban J connectivity index is 2.52. The predicted octanol–water partition coefficient (Wildman–Crippen LogP) is 9.68. The first-order chi connectivity index (χ1) is 19.7. The molecule has 0 radical (unpaired) electrons. The van der Waals surface area contributed by atoms with Gasteiger partial charge in [-0.3, -0.25) is 0 Å². The van der Waals surface area contributed by atoms with Crippen molar-refractivity contribution in [1.29, 1.82) is 0 Å². The highest BCUT2D eigenvalue weighted by Gasteiger charge is 2.33. The molecule has 0 aliphatic heterocycles. The maximum atomic E-state index is 14.6. The van der Waals surface area contributed by atoms with Crippen molar-refractivity contribution in [1.82, 2.24) is 5.32 Å². The zero-order chi connectivity index (χ0) is 31.3. The van der Waals surface area contributed by atoms with Crippen molar-refractivity contribution in [3.63, 3.8) is 0 Å². The molecule has 1 aromatic carbocycles. The summed E-state index contributed by atoms with van der Waals surface area (Å²) in [4.78, 5) is 0. The lowest BCUT2D eigenvalue weighted by molar-refractivity contribution is -0.0930. The molecule has 0 saturated heterocycles. The number of nitrogens with one attached hydrogen (secondary N) is 1. The minimum atomic E-state index is -4.45. The van der Waals surface area contributed by atoms with Crippen LogP contribution in [0, 0.1) is 5.41 Å². The van der Waals surface area contributed by atoms with Crippen molar-refractivity contribution < 1.29 is 31.1 Å². The summed E-state index contributed by atoms with van der Waals surface area (Å²) in [6.45, 7) is 7.82. The molecule has 0 saturated carbocycles. The normalized spacial score (nSPS) is 17.5. The predicted molar refractivity (Wildman–Crippen MR) is 158 cm³/mol. The quantitative estimate of drug-likeness (QED) is 0.0895. The second kappa shape index (κ2) is 15.7. The monoisotopic (exact) mass is 591 g/mol. The van der Waals surface area contributed by atoms with E-state index in [0.29, 0.717) is 19.4 Å². The Bertz CT molecular complexity index is 1240. The highest BCUT2D eigenvalue weighted by molar-refractivity contribution is 5.39. The fourth-order valence-electron chi connectivity index (χ4n) is 4.19. The van der Waals surface area contributed by atoms with Gasteiger partial charge in [-0.05, 0) is 48.6 Å². The fraction of sp³-hybridized carbons (Fsp3) is 0.382. The summed E-state index contributed by atoms with van der Waals surface area (Å²) >= 11 is 0. The molecule has 0 heterocycles. The number of benzene rings is 1. The highest BCUT2D eigenvalue weighted by atomic mass is 19.4. The standard InChI is InChI=1S/C34H39F6NO/c1-5-27(20-22-34(38,39)40)13-10-11-21-33(25-28-14-8-7-9-15-28,26-41-24-23-31(3,35)36)29-16-12-17-30(19-18-29)42-32(4,37)6-2/h5,7-18,20,22,41H,1,6,21,23-26H2,2-4H3/b11-10-,22-20-,27-13+. The molecular weight excluding hydrogens is 552 g/mol. The molecule has 2 rings (SSSR count). The summed E-state index contributed by atoms with van der Waals surface area (Å²) in [6, 6.07) is 9.64. The van der Waals surface area contributed by atoms with Crippen LogP contribution >= 0.6 is 0 Å². The Hall–Kier alpha value is -3.48. The van der Waals surface area contributed by atoms with Crippen LogP contribution in [0.25, 0.3) is 0 Å². The molecule has 42 heavy (non-hydrogen) atoms. The largest absolute Gasteiger partial charge is 0.451 e. The molecule has 1 N–H and O–H groups in total. The Kier molecular flexibility index (Phi) is 12.9. The number of alkyl halides is 6. The van der Waals surface area contributed by atoms with Crippen LogP contribution in [0.3, 0.4) is 0 Å². The smallest absolute Gasteiger partial charge is 0.409 e. The Morgan fingerprint density at radius 2 is 1.79 bits per heavy atom. The number of hydrogen-bond donors (Lipinski definition) is 1. The van der Waals surface area contributed by atoms with Crippen LogP contribution in [-0.2, 0) is 11.2 Å². The lowest BCUT2D eigenvalue weighted by Gasteiger charge is -2.35. The molecule has 2 atom stereocenters. The summed E-state index contributed by atoms with van der Waals surface area (Å²) < 4.78 is 85.1. The number of rotatable bonds is 16. The third-order valence-electron chi connectivity index (χ3n) is 6.68. The maximum absolute atomic E-state index is 14.6. The van der Waals surface area contributed by atoms with E-state index in [1.165, 1.54) is 19.1 Å². The van der Waals surface area contributed by atoms with Crippen molar-refractivity contribution in [2.24, 2.45) is 5.41 Å². The molecule has 0 aromatic heterocycles. The van der Waals surface area contributed by atoms with Crippen LogP contribution < -0.4 is 5.32 Å². The van der Waals surface area contributed by atoms with Gasteiger partial charge >= 0.3 is 6.18 Å². The van der Waals surface area contributed by atoms with E-state index < -0.39 is 23.4 Å². The summed E-state index contributed by atoms with van der Waals surface area (Å²) in [7, 11) is 0. The Labute approximate surface area is 245 Å². The van der Waals surface area contributed by atoms with Gasteiger partial charge in [0.15, 0.2) is 5.76 Å². The zero-order valence-corrected chi connectivity index (χ0v) is 24.3. The summed E-state index contributed by atoms with van der Waals surface area (Å²) in [5.74, 6) is -4.49. The van der Waals surface area contributed by atoms with E-state index in [2.05, 4.69) is 17.6 Å². The second-order valence-corrected chi connectivity index (χ2v) is 10.5. The molecule has 1 aliphatic rings. The van der Waals surface area contributed by atoms with E-state index >= 15 is 0 Å². The minimum absolute atomic E-state index is 0.0697. The molecule has 8 heteroatoms. The van der Waals surface area contributed by atoms with E-state index in [1.807, 2.05) is 42.5 Å². The van der Waals surface area contributed by atoms with E-state index in [4.69, 9.17) is 4.74 Å². The van der Waals surface area contributed by atoms with Crippen LogP contribution in [0.1, 0.15) is 45.6 Å². The van der Waals surface area contributed by atoms with Crippen molar-refractivity contribution in [2.75, 3.05) is 13.1 Å². The number of ether oxygens (including phenoxy) is 1. The van der Waals surface area contributed by atoms with Gasteiger partial charge in [-0.15, -0.1) is 0 Å². The van der Waals surface area contributed by atoms with Gasteiger partial charge in [0.2, 0.25) is 11.8 Å². The highest BCUT2D eigenvalue weighted by Crippen LogP contribution is 2.38. The molecule has 0 fully saturated rings. The van der Waals surface area contributed by atoms with E-state index in [1.54, 1.807) is 31.2 Å². The van der Waals surface area contributed by atoms with Crippen molar-refractivity contribution >= 4 is 0 Å². The molecule has 0 amide bonds. The second-order valence-electron chi connectivity index (χ2n) is 10.5. The zero-order valence-electron chi connectivity index (χ0n) is 24.3. The third-order valence-corrected chi connectivity index (χ3v) is 6.68. The first-order valence-corrected chi connectivity index (χ1v) is 13.8. The number of halogens is 6. The Morgan fingerprint density at radius 1 is 1.07 bits per heavy atom. The maximum Gasteiger partial charge on any atom is 0.409 e. The van der Waals surface area contributed by atoms with Gasteiger partial charge < -0.3 is 10.1 Å². The lowest BCUT2D eigenvalue weighted by Crippen LogP contribution is -2.38. The van der Waals surface area contributed by atoms with Gasteiger partial charge in [0.25, 0.3) is 0 Å². The van der Waals surface area contributed by atoms with Crippen LogP contribution in [0.5, 0.6) is 0 Å². The van der Waals surface area contributed by atoms with Crippen molar-refractivity contribution in [3.8, 4) is 0 Å². The third kappa shape index (κ3) is 13.0. The molecule has 2 unspecified atom stereocenters. The molecule has 228 valence electrons. The van der Waals surface area contributed by atoms with Crippen LogP contribution in [0.2, 0.25) is 0 Å². The summed E-state index contributed by atoms with van der Waals surface area (Å²) in [5, 5.41) is 3.18. The van der Waals surface area contributed by atoms with Gasteiger partial charge in [0, 0.05) is 44.3 Å². The lowest BCUT2D eigenvalue weighted by atomic mass is 9.72. The minimum Gasteiger partial charge on any atom is -0.451 e. The average molecular weight is 592 g/mol. The molecule has 0 spiro atoms. The van der Waals surface area contributed by atoms with Gasteiger partial charge in [0.1, 0.15) is 0 Å². The van der Waals surface area contributed by atoms with Gasteiger partial charge in [-0.1, -0.05) is 92.1 Å². The van der Waals surface area contributed by atoms with Crippen molar-refractivity contribution in [3.05, 3.63) is 126 Å². The summed E-state index contributed by atoms with van der Waals surface area (Å²) in [6.07, 6.45) is 10.5. The Morgan fingerprint density at radius 3 is 2.40 bits per heavy atom. The first-order valence-electron chi connectivity index (χ1n) is 13.8. The number of hydrogen-bond acceptors (Lipinski definition) is 2. The fourth-order valence-corrected chi connectivity index (χ4v) is 4.19. The molecule has 1 aromatic rings. The average Bonchev–Trinajstić information content (AvgIpc) is 3.15. The van der Waals surface area contributed by atoms with Gasteiger partial charge in [0.05, 0.1) is 0 Å². The van der Waals surface area contributed by atoms with E-state index in [-0.39, 0.29) is 36.8 Å². The van der Waals surface area contributed by atoms with E-state index in [0.717, 1.165) is 24.1 Å². The van der Waals surface area contributed by atoms with E-state index in [9.17, 15) is 26.3 Å². The topological polar surface area (TPSA) is 21.3 Å². The van der Waals surface area contributed by atoms with Gasteiger partial charge in [-0.25, -0.2) is 8.78 Å². The SMILES string of the molecule is C=CC(/C=C\C(F)(F)F)=C\C=C/CC(CNCCC(C)(F)F)(Cc1ccccc1)C1=CC=CC(OC(C)(F)CC)=C=C1. The molecule has 0 bridgehead atoms. The molecule has 2 nitrogen and oxygen atoms in total. The van der Waals surface area contributed by atoms with Crippen LogP contribution in [0.15, 0.2) is 120 Å². The van der Waals surface area contributed by atoms with Crippen LogP contribution in [-0.4, -0.2) is 31.0 Å². The molecular formula is C34H39F6NO. The van der Waals surface area contributed by atoms with Gasteiger partial charge in [-0.2, -0.15) is 17.6 Å². The van der Waals surface area contributed by atoms with Crippen molar-refractivity contribution in [2.45, 2.75) is 64.4 Å². The van der Waals surface area contributed by atoms with Crippen LogP contribution in [0.4, 0.5) is 26.3 Å². The summed E-state index contributed by atoms with van der Waals surface area (Å²) in [5.41, 5.74) is 4.41.